The fourth-order valence-electron chi connectivity index (χ4n) is 1.83. The van der Waals surface area contributed by atoms with E-state index in [1.54, 1.807) is 17.9 Å². The highest BCUT2D eigenvalue weighted by atomic mass is 79.9. The van der Waals surface area contributed by atoms with Crippen molar-refractivity contribution in [2.24, 2.45) is 7.05 Å². The zero-order valence-electron chi connectivity index (χ0n) is 10.1. The summed E-state index contributed by atoms with van der Waals surface area (Å²) in [6.07, 6.45) is 3.68. The van der Waals surface area contributed by atoms with Crippen LogP contribution in [0.2, 0.25) is 0 Å². The molecule has 1 N–H and O–H groups in total. The fraction of sp³-hybridized carbons (Fsp3) is 0.600. The van der Waals surface area contributed by atoms with Crippen LogP contribution in [0, 0.1) is 0 Å². The maximum atomic E-state index is 11.9. The van der Waals surface area contributed by atoms with Crippen molar-refractivity contribution >= 4 is 31.7 Å². The van der Waals surface area contributed by atoms with Crippen LogP contribution in [0.5, 0.6) is 0 Å². The average Bonchev–Trinajstić information content (AvgIpc) is 2.98. The minimum atomic E-state index is -3.35. The first-order valence-corrected chi connectivity index (χ1v) is 8.11. The molecule has 0 aromatic carbocycles. The molecule has 1 saturated carbocycles. The molecule has 0 saturated heterocycles. The van der Waals surface area contributed by atoms with Crippen LogP contribution >= 0.6 is 15.9 Å². The number of carbonyl (C=O) groups excluding carboxylic acids is 1. The van der Waals surface area contributed by atoms with Crippen LogP contribution in [0.3, 0.4) is 0 Å². The van der Waals surface area contributed by atoms with Crippen molar-refractivity contribution in [2.75, 3.05) is 6.26 Å². The van der Waals surface area contributed by atoms with Gasteiger partial charge in [-0.1, -0.05) is 0 Å². The Morgan fingerprint density at radius 2 is 2.22 bits per heavy atom. The predicted molar refractivity (Wildman–Crippen MR) is 69.6 cm³/mol. The molecule has 8 heteroatoms. The molecule has 0 radical (unpaired) electrons. The number of sulfone groups is 1. The van der Waals surface area contributed by atoms with Gasteiger partial charge in [-0.2, -0.15) is 5.10 Å². The third kappa shape index (κ3) is 2.31. The quantitative estimate of drug-likeness (QED) is 0.862. The minimum absolute atomic E-state index is 0.220. The molecule has 0 spiro atoms. The van der Waals surface area contributed by atoms with E-state index in [2.05, 4.69) is 26.3 Å². The number of aromatic nitrogens is 2. The van der Waals surface area contributed by atoms with Crippen LogP contribution in [0.4, 0.5) is 0 Å². The zero-order valence-corrected chi connectivity index (χ0v) is 12.5. The zero-order chi connectivity index (χ0) is 13.6. The smallest absolute Gasteiger partial charge is 0.241 e. The largest absolute Gasteiger partial charge is 0.349 e. The highest BCUT2D eigenvalue weighted by molar-refractivity contribution is 9.10. The molecule has 6 nitrogen and oxygen atoms in total. The van der Waals surface area contributed by atoms with Gasteiger partial charge in [-0.15, -0.1) is 0 Å². The molecule has 1 aliphatic rings. The van der Waals surface area contributed by atoms with Gasteiger partial charge in [0.05, 0.1) is 16.7 Å². The van der Waals surface area contributed by atoms with E-state index in [-0.39, 0.29) is 6.54 Å². The van der Waals surface area contributed by atoms with Crippen molar-refractivity contribution in [3.8, 4) is 0 Å². The van der Waals surface area contributed by atoms with E-state index in [9.17, 15) is 13.2 Å². The van der Waals surface area contributed by atoms with Crippen LogP contribution < -0.4 is 5.32 Å². The molecule has 100 valence electrons. The average molecular weight is 336 g/mol. The van der Waals surface area contributed by atoms with Crippen molar-refractivity contribution in [2.45, 2.75) is 24.1 Å². The van der Waals surface area contributed by atoms with Gasteiger partial charge in [0.25, 0.3) is 0 Å². The SMILES string of the molecule is Cn1cc(Br)c(CNC(=O)C2(S(C)(=O)=O)CC2)n1. The summed E-state index contributed by atoms with van der Waals surface area (Å²) < 4.78 is 24.3. The highest BCUT2D eigenvalue weighted by Gasteiger charge is 2.58. The second-order valence-corrected chi connectivity index (χ2v) is 7.73. The van der Waals surface area contributed by atoms with Crippen molar-refractivity contribution in [3.63, 3.8) is 0 Å². The Kier molecular flexibility index (Phi) is 3.26. The molecule has 0 bridgehead atoms. The maximum Gasteiger partial charge on any atom is 0.241 e. The lowest BCUT2D eigenvalue weighted by molar-refractivity contribution is -0.121. The molecule has 1 amide bonds. The molecule has 1 aliphatic carbocycles. The van der Waals surface area contributed by atoms with Gasteiger partial charge in [-0.25, -0.2) is 8.42 Å². The van der Waals surface area contributed by atoms with Crippen molar-refractivity contribution in [1.29, 1.82) is 0 Å². The molecule has 18 heavy (non-hydrogen) atoms. The number of nitrogens with zero attached hydrogens (tertiary/aromatic N) is 2. The van der Waals surface area contributed by atoms with Gasteiger partial charge >= 0.3 is 0 Å². The normalized spacial score (nSPS) is 17.5. The lowest BCUT2D eigenvalue weighted by Crippen LogP contribution is -2.41. The van der Waals surface area contributed by atoms with Crippen LogP contribution in [0.15, 0.2) is 10.7 Å². The molecular weight excluding hydrogens is 322 g/mol. The first-order chi connectivity index (χ1) is 8.26. The summed E-state index contributed by atoms with van der Waals surface area (Å²) in [4.78, 5) is 11.9. The second-order valence-electron chi connectivity index (χ2n) is 4.55. The lowest BCUT2D eigenvalue weighted by Gasteiger charge is -2.12. The van der Waals surface area contributed by atoms with Gasteiger partial charge in [0.1, 0.15) is 0 Å². The Morgan fingerprint density at radius 3 is 2.61 bits per heavy atom. The van der Waals surface area contributed by atoms with E-state index in [0.717, 1.165) is 10.7 Å². The molecular formula is C10H14BrN3O3S. The standard InChI is InChI=1S/C10H14BrN3O3S/c1-14-6-7(11)8(13-14)5-12-9(15)10(3-4-10)18(2,16)17/h6H,3-5H2,1-2H3,(H,12,15). The fourth-order valence-corrected chi connectivity index (χ4v) is 3.60. The monoisotopic (exact) mass is 335 g/mol. The highest BCUT2D eigenvalue weighted by Crippen LogP contribution is 2.43. The summed E-state index contributed by atoms with van der Waals surface area (Å²) in [7, 11) is -1.58. The molecule has 2 rings (SSSR count). The van der Waals surface area contributed by atoms with E-state index in [1.165, 1.54) is 0 Å². The summed E-state index contributed by atoms with van der Waals surface area (Å²) in [5.74, 6) is -0.428. The Morgan fingerprint density at radius 1 is 1.61 bits per heavy atom. The first-order valence-electron chi connectivity index (χ1n) is 5.42. The van der Waals surface area contributed by atoms with E-state index < -0.39 is 20.5 Å². The van der Waals surface area contributed by atoms with E-state index in [0.29, 0.717) is 18.5 Å². The van der Waals surface area contributed by atoms with Gasteiger partial charge in [0.15, 0.2) is 14.6 Å². The van der Waals surface area contributed by atoms with Crippen molar-refractivity contribution < 1.29 is 13.2 Å². The molecule has 1 fully saturated rings. The lowest BCUT2D eigenvalue weighted by atomic mass is 10.3. The number of aryl methyl sites for hydroxylation is 1. The van der Waals surface area contributed by atoms with Crippen LogP contribution in [-0.2, 0) is 28.2 Å². The summed E-state index contributed by atoms with van der Waals surface area (Å²) in [6.45, 7) is 0.220. The molecule has 1 heterocycles. The van der Waals surface area contributed by atoms with Gasteiger partial charge in [0.2, 0.25) is 5.91 Å². The van der Waals surface area contributed by atoms with E-state index in [4.69, 9.17) is 0 Å². The van der Waals surface area contributed by atoms with E-state index in [1.807, 2.05) is 0 Å². The molecule has 1 aromatic heterocycles. The Balaban J connectivity index is 2.04. The number of halogens is 1. The Bertz CT molecular complexity index is 590. The third-order valence-electron chi connectivity index (χ3n) is 3.10. The minimum Gasteiger partial charge on any atom is -0.349 e. The molecule has 0 atom stereocenters. The Labute approximate surface area is 114 Å². The van der Waals surface area contributed by atoms with Crippen LogP contribution in [-0.4, -0.2) is 35.1 Å². The molecule has 1 aromatic rings. The van der Waals surface area contributed by atoms with Gasteiger partial charge in [-0.3, -0.25) is 9.48 Å². The van der Waals surface area contributed by atoms with Crippen molar-refractivity contribution in [1.82, 2.24) is 15.1 Å². The van der Waals surface area contributed by atoms with Gasteiger partial charge in [-0.05, 0) is 28.8 Å². The molecule has 0 aliphatic heterocycles. The van der Waals surface area contributed by atoms with E-state index >= 15 is 0 Å². The maximum absolute atomic E-state index is 11.9. The number of hydrogen-bond donors (Lipinski definition) is 1. The number of nitrogens with one attached hydrogen (secondary N) is 1. The Hall–Kier alpha value is -0.890. The predicted octanol–water partition coefficient (Wildman–Crippen LogP) is 0.376. The summed E-state index contributed by atoms with van der Waals surface area (Å²) >= 11 is 3.32. The van der Waals surface area contributed by atoms with Crippen molar-refractivity contribution in [3.05, 3.63) is 16.4 Å². The summed E-state index contributed by atoms with van der Waals surface area (Å²) in [6, 6.07) is 0. The number of hydrogen-bond acceptors (Lipinski definition) is 4. The summed E-state index contributed by atoms with van der Waals surface area (Å²) in [5, 5.41) is 6.79. The number of carbonyl (C=O) groups is 1. The summed E-state index contributed by atoms with van der Waals surface area (Å²) in [5.41, 5.74) is 0.676. The topological polar surface area (TPSA) is 81.1 Å². The number of amides is 1. The van der Waals surface area contributed by atoms with Gasteiger partial charge < -0.3 is 5.32 Å². The first kappa shape index (κ1) is 13.5. The number of rotatable bonds is 4. The van der Waals surface area contributed by atoms with Crippen LogP contribution in [0.1, 0.15) is 18.5 Å². The second kappa shape index (κ2) is 4.34. The molecule has 0 unspecified atom stereocenters. The van der Waals surface area contributed by atoms with Gasteiger partial charge in [0, 0.05) is 19.5 Å². The third-order valence-corrected chi connectivity index (χ3v) is 5.77. The van der Waals surface area contributed by atoms with Crippen LogP contribution in [0.25, 0.3) is 0 Å².